The van der Waals surface area contributed by atoms with E-state index in [0.29, 0.717) is 13.0 Å². The molecule has 1 aliphatic heterocycles. The van der Waals surface area contributed by atoms with Crippen molar-refractivity contribution < 1.29 is 33.8 Å². The van der Waals surface area contributed by atoms with Crippen LogP contribution in [0.4, 0.5) is 0 Å². The lowest BCUT2D eigenvalue weighted by Crippen LogP contribution is -2.58. The van der Waals surface area contributed by atoms with E-state index in [0.717, 1.165) is 31.3 Å². The van der Waals surface area contributed by atoms with Gasteiger partial charge in [0.15, 0.2) is 0 Å². The topological polar surface area (TPSA) is 138 Å². The predicted octanol–water partition coefficient (Wildman–Crippen LogP) is 4.48. The molecular weight excluding hydrogens is 636 g/mol. The molecule has 1 heterocycles. The SMILES string of the molecule is CC[C@H](C)C(C(CC(=O)N1CCCC1C(OC)[C@@H](C)C(=O)NC(C)C(O)C1=CCCC=C1)OC)N(C)C(=O)[C@@H](NC(=O)C(C)C(C)C)C(C)C. The normalized spacial score (nSPS) is 21.8. The molecule has 1 fully saturated rings. The standard InChI is InChI=1S/C39H68N4O7/c1-13-25(6)34(42(10)39(48)33(24(4)5)41-37(46)26(7)23(2)3)31(49-11)22-32(44)43-21-17-20-30(43)36(50-12)27(8)38(47)40-28(9)35(45)29-18-15-14-16-19-29/h15,18-19,23-28,30-31,33-36,45H,13-14,16-17,20-22H2,1-12H3,(H,40,47)(H,41,46)/t25-,26?,27+,28?,30?,31?,33-,34?,35?,36?/m0/s1. The maximum absolute atomic E-state index is 14.1. The van der Waals surface area contributed by atoms with Crippen LogP contribution in [0.1, 0.15) is 101 Å². The molecule has 50 heavy (non-hydrogen) atoms. The smallest absolute Gasteiger partial charge is 0.245 e. The van der Waals surface area contributed by atoms with Crippen LogP contribution >= 0.6 is 0 Å². The number of carbonyl (C=O) groups is 4. The van der Waals surface area contributed by atoms with Gasteiger partial charge in [-0.3, -0.25) is 19.2 Å². The quantitative estimate of drug-likeness (QED) is 0.180. The van der Waals surface area contributed by atoms with Gasteiger partial charge in [0.05, 0.1) is 48.8 Å². The molecule has 0 radical (unpaired) electrons. The van der Waals surface area contributed by atoms with Crippen molar-refractivity contribution in [1.29, 1.82) is 0 Å². The lowest BCUT2D eigenvalue weighted by molar-refractivity contribution is -0.148. The average Bonchev–Trinajstić information content (AvgIpc) is 3.58. The number of likely N-dealkylation sites (tertiary alicyclic amines) is 1. The third-order valence-corrected chi connectivity index (χ3v) is 11.1. The van der Waals surface area contributed by atoms with Crippen molar-refractivity contribution >= 4 is 23.6 Å². The first-order valence-electron chi connectivity index (χ1n) is 18.8. The molecule has 0 bridgehead atoms. The Balaban J connectivity index is 2.22. The number of likely N-dealkylation sites (N-methyl/N-ethyl adjacent to an activating group) is 1. The minimum Gasteiger partial charge on any atom is -0.386 e. The van der Waals surface area contributed by atoms with Gasteiger partial charge in [-0.2, -0.15) is 0 Å². The lowest BCUT2D eigenvalue weighted by atomic mass is 9.89. The Labute approximate surface area is 302 Å². The van der Waals surface area contributed by atoms with Gasteiger partial charge in [-0.1, -0.05) is 80.0 Å². The van der Waals surface area contributed by atoms with Crippen LogP contribution in [-0.4, -0.2) is 109 Å². The Morgan fingerprint density at radius 3 is 2.10 bits per heavy atom. The molecule has 11 heteroatoms. The van der Waals surface area contributed by atoms with E-state index in [9.17, 15) is 24.3 Å². The minimum atomic E-state index is -0.821. The van der Waals surface area contributed by atoms with Crippen molar-refractivity contribution in [2.45, 2.75) is 143 Å². The summed E-state index contributed by atoms with van der Waals surface area (Å²) < 4.78 is 11.9. The molecule has 0 aromatic rings. The van der Waals surface area contributed by atoms with Gasteiger partial charge in [-0.05, 0) is 55.9 Å². The summed E-state index contributed by atoms with van der Waals surface area (Å²) in [5, 5.41) is 16.8. The molecule has 286 valence electrons. The fraction of sp³-hybridized carbons (Fsp3) is 0.795. The van der Waals surface area contributed by atoms with E-state index >= 15 is 0 Å². The summed E-state index contributed by atoms with van der Waals surface area (Å²) in [5.41, 5.74) is 0.800. The summed E-state index contributed by atoms with van der Waals surface area (Å²) in [5.74, 6) is -1.56. The number of carbonyl (C=O) groups excluding carboxylic acids is 4. The molecule has 1 saturated heterocycles. The summed E-state index contributed by atoms with van der Waals surface area (Å²) in [6, 6.07) is -1.96. The number of aliphatic hydroxyl groups is 1. The zero-order chi connectivity index (χ0) is 37.9. The number of rotatable bonds is 19. The van der Waals surface area contributed by atoms with E-state index in [1.54, 1.807) is 44.9 Å². The third-order valence-electron chi connectivity index (χ3n) is 11.1. The third kappa shape index (κ3) is 11.1. The van der Waals surface area contributed by atoms with Gasteiger partial charge >= 0.3 is 0 Å². The average molecular weight is 705 g/mol. The summed E-state index contributed by atoms with van der Waals surface area (Å²) in [6.07, 6.45) is 8.01. The first-order valence-corrected chi connectivity index (χ1v) is 18.8. The Bertz CT molecular complexity index is 1190. The highest BCUT2D eigenvalue weighted by atomic mass is 16.5. The van der Waals surface area contributed by atoms with Crippen LogP contribution < -0.4 is 10.6 Å². The number of hydrogen-bond donors (Lipinski definition) is 3. The number of nitrogens with zero attached hydrogens (tertiary/aromatic N) is 2. The number of nitrogens with one attached hydrogen (secondary N) is 2. The van der Waals surface area contributed by atoms with Gasteiger partial charge in [0.2, 0.25) is 23.6 Å². The van der Waals surface area contributed by atoms with Crippen LogP contribution in [0.2, 0.25) is 0 Å². The molecular formula is C39H68N4O7. The van der Waals surface area contributed by atoms with Gasteiger partial charge < -0.3 is 35.0 Å². The maximum atomic E-state index is 14.1. The second-order valence-electron chi connectivity index (χ2n) is 15.3. The molecule has 0 saturated carbocycles. The molecule has 0 aromatic heterocycles. The van der Waals surface area contributed by atoms with Gasteiger partial charge in [-0.25, -0.2) is 0 Å². The molecule has 0 spiro atoms. The van der Waals surface area contributed by atoms with Crippen molar-refractivity contribution in [3.63, 3.8) is 0 Å². The Morgan fingerprint density at radius 1 is 0.940 bits per heavy atom. The Kier molecular flexibility index (Phi) is 17.6. The number of hydrogen-bond acceptors (Lipinski definition) is 7. The summed E-state index contributed by atoms with van der Waals surface area (Å²) in [4.78, 5) is 58.1. The molecule has 1 aliphatic carbocycles. The van der Waals surface area contributed by atoms with Crippen molar-refractivity contribution in [3.8, 4) is 0 Å². The van der Waals surface area contributed by atoms with Crippen molar-refractivity contribution in [1.82, 2.24) is 20.4 Å². The minimum absolute atomic E-state index is 0.00169. The highest BCUT2D eigenvalue weighted by molar-refractivity contribution is 5.89. The molecule has 0 aromatic carbocycles. The van der Waals surface area contributed by atoms with Crippen LogP contribution in [0.25, 0.3) is 0 Å². The molecule has 2 aliphatic rings. The molecule has 10 atom stereocenters. The zero-order valence-electron chi connectivity index (χ0n) is 32.9. The predicted molar refractivity (Wildman–Crippen MR) is 197 cm³/mol. The van der Waals surface area contributed by atoms with Crippen LogP contribution in [-0.2, 0) is 28.7 Å². The molecule has 2 rings (SSSR count). The Hall–Kier alpha value is -2.76. The van der Waals surface area contributed by atoms with Crippen LogP contribution in [0.5, 0.6) is 0 Å². The first kappa shape index (κ1) is 43.4. The second-order valence-corrected chi connectivity index (χ2v) is 15.3. The van der Waals surface area contributed by atoms with E-state index in [1.807, 2.05) is 66.7 Å². The van der Waals surface area contributed by atoms with Gasteiger partial charge in [0, 0.05) is 33.7 Å². The van der Waals surface area contributed by atoms with E-state index in [1.165, 1.54) is 0 Å². The monoisotopic (exact) mass is 705 g/mol. The highest BCUT2D eigenvalue weighted by Gasteiger charge is 2.43. The van der Waals surface area contributed by atoms with E-state index in [2.05, 4.69) is 10.6 Å². The molecule has 3 N–H and O–H groups in total. The highest BCUT2D eigenvalue weighted by Crippen LogP contribution is 2.30. The van der Waals surface area contributed by atoms with E-state index in [-0.39, 0.29) is 59.8 Å². The number of methoxy groups -OCH3 is 2. The van der Waals surface area contributed by atoms with E-state index in [4.69, 9.17) is 9.47 Å². The van der Waals surface area contributed by atoms with Crippen LogP contribution in [0.15, 0.2) is 23.8 Å². The summed E-state index contributed by atoms with van der Waals surface area (Å²) >= 11 is 0. The first-order chi connectivity index (χ1) is 23.5. The lowest BCUT2D eigenvalue weighted by Gasteiger charge is -2.41. The van der Waals surface area contributed by atoms with Crippen molar-refractivity contribution in [2.75, 3.05) is 27.8 Å². The van der Waals surface area contributed by atoms with Crippen molar-refractivity contribution in [2.24, 2.45) is 29.6 Å². The van der Waals surface area contributed by atoms with Crippen molar-refractivity contribution in [3.05, 3.63) is 23.8 Å². The van der Waals surface area contributed by atoms with E-state index < -0.39 is 42.4 Å². The second kappa shape index (κ2) is 20.3. The molecule has 4 amide bonds. The molecule has 7 unspecified atom stereocenters. The van der Waals surface area contributed by atoms with Crippen LogP contribution in [0, 0.1) is 29.6 Å². The Morgan fingerprint density at radius 2 is 1.58 bits per heavy atom. The number of aliphatic hydroxyl groups excluding tert-OH is 1. The van der Waals surface area contributed by atoms with Gasteiger partial charge in [-0.15, -0.1) is 0 Å². The molecule has 11 nitrogen and oxygen atoms in total. The number of allylic oxidation sites excluding steroid dienone is 2. The fourth-order valence-electron chi connectivity index (χ4n) is 7.20. The fourth-order valence-corrected chi connectivity index (χ4v) is 7.20. The van der Waals surface area contributed by atoms with Gasteiger partial charge in [0.25, 0.3) is 0 Å². The zero-order valence-corrected chi connectivity index (χ0v) is 32.9. The summed E-state index contributed by atoms with van der Waals surface area (Å²) in [7, 11) is 4.87. The maximum Gasteiger partial charge on any atom is 0.245 e. The number of ether oxygens (including phenoxy) is 2. The number of amides is 4. The summed E-state index contributed by atoms with van der Waals surface area (Å²) in [6.45, 7) is 17.9. The van der Waals surface area contributed by atoms with Gasteiger partial charge in [0.1, 0.15) is 6.04 Å². The van der Waals surface area contributed by atoms with Crippen LogP contribution in [0.3, 0.4) is 0 Å². The largest absolute Gasteiger partial charge is 0.386 e.